The predicted octanol–water partition coefficient (Wildman–Crippen LogP) is 8.22. The highest BCUT2D eigenvalue weighted by Gasteiger charge is 2.72. The van der Waals surface area contributed by atoms with Crippen LogP contribution < -0.4 is 5.73 Å². The number of aliphatic carboxylic acids is 1. The van der Waals surface area contributed by atoms with Crippen molar-refractivity contribution in [3.63, 3.8) is 0 Å². The molecule has 0 unspecified atom stereocenters. The Morgan fingerprint density at radius 3 is 2.42 bits per heavy atom. The fourth-order valence-electron chi connectivity index (χ4n) is 13.1. The van der Waals surface area contributed by atoms with Crippen molar-refractivity contribution in [1.29, 1.82) is 0 Å². The number of aromatic nitrogens is 3. The SMILES string of the molecule is CC(C)[C@@H](C)[C@@]1(C)CC[C@]2(C)[C@H]3CC[C@@H]4[C@@]5(COC[C@@]4(C)[C@@H](OC[C@](C)(N)C(C)C)[C@H](n4ncnc4C4C=CN(C)C=C4)C5)C3=CC[C@@]2(C)[C@@H]1C(=O)O. The van der Waals surface area contributed by atoms with Crippen LogP contribution in [0.1, 0.15) is 126 Å². The summed E-state index contributed by atoms with van der Waals surface area (Å²) in [5.74, 6) is 1.56. The van der Waals surface area contributed by atoms with Gasteiger partial charge in [0.15, 0.2) is 0 Å². The highest BCUT2D eigenvalue weighted by Crippen LogP contribution is 2.75. The van der Waals surface area contributed by atoms with E-state index in [0.29, 0.717) is 43.5 Å². The number of hydrogen-bond acceptors (Lipinski definition) is 7. The normalized spacial score (nSPS) is 42.8. The van der Waals surface area contributed by atoms with Crippen LogP contribution in [0.3, 0.4) is 0 Å². The van der Waals surface area contributed by atoms with Crippen molar-refractivity contribution < 1.29 is 19.4 Å². The lowest BCUT2D eigenvalue weighted by Crippen LogP contribution is -2.69. The van der Waals surface area contributed by atoms with Gasteiger partial charge < -0.3 is 25.2 Å². The summed E-state index contributed by atoms with van der Waals surface area (Å²) in [6.07, 6.45) is 18.4. The van der Waals surface area contributed by atoms with Crippen molar-refractivity contribution in [3.8, 4) is 0 Å². The fraction of sp³-hybridized carbons (Fsp3) is 0.795. The minimum absolute atomic E-state index is 0.00857. The second-order valence-electron chi connectivity index (χ2n) is 20.4. The lowest BCUT2D eigenvalue weighted by molar-refractivity contribution is -0.253. The standard InChI is InChI=1S/C44H69N5O4/c1-27(2)29(5)39(6)18-19-41(8)31-12-13-34-40(7)23-52-25-44(34,32(31)14-17-42(41,9)35(39)38(50)51)22-33(36(40)53-24-43(10,45)28(3)4)49-37(46-26-47-49)30-15-20-48(11)21-16-30/h14-16,20-21,26-31,33-36H,12-13,17-19,22-25,45H2,1-11H3,(H,50,51)/t29-,31+,33-,34+,35-,36+,39-,40-,41-,42+,43+,44+/m1/s1. The molecule has 9 heteroatoms. The van der Waals surface area contributed by atoms with Crippen LogP contribution in [0.2, 0.25) is 0 Å². The summed E-state index contributed by atoms with van der Waals surface area (Å²) in [6.45, 7) is 24.5. The van der Waals surface area contributed by atoms with Crippen molar-refractivity contribution in [1.82, 2.24) is 19.7 Å². The van der Waals surface area contributed by atoms with Crippen molar-refractivity contribution in [3.05, 3.63) is 48.4 Å². The van der Waals surface area contributed by atoms with Gasteiger partial charge in [-0.15, -0.1) is 0 Å². The predicted molar refractivity (Wildman–Crippen MR) is 209 cm³/mol. The van der Waals surface area contributed by atoms with E-state index >= 15 is 0 Å². The quantitative estimate of drug-likeness (QED) is 0.244. The van der Waals surface area contributed by atoms with Crippen molar-refractivity contribution in [2.75, 3.05) is 26.9 Å². The van der Waals surface area contributed by atoms with Gasteiger partial charge in [-0.05, 0) is 91.3 Å². The van der Waals surface area contributed by atoms with E-state index in [4.69, 9.17) is 25.3 Å². The number of nitrogens with zero attached hydrogens (tertiary/aromatic N) is 4. The first kappa shape index (κ1) is 38.8. The van der Waals surface area contributed by atoms with Crippen LogP contribution in [0.5, 0.6) is 0 Å². The van der Waals surface area contributed by atoms with E-state index in [1.54, 1.807) is 6.33 Å². The van der Waals surface area contributed by atoms with Gasteiger partial charge in [-0.25, -0.2) is 9.67 Å². The minimum Gasteiger partial charge on any atom is -0.481 e. The molecule has 3 saturated carbocycles. The Labute approximate surface area is 319 Å². The number of carboxylic acid groups (broad SMARTS) is 1. The number of fused-ring (bicyclic) bond motifs is 3. The molecule has 9 nitrogen and oxygen atoms in total. The van der Waals surface area contributed by atoms with Crippen molar-refractivity contribution in [2.24, 2.45) is 68.3 Å². The first-order valence-corrected chi connectivity index (χ1v) is 20.7. The van der Waals surface area contributed by atoms with E-state index < -0.39 is 17.4 Å². The van der Waals surface area contributed by atoms with Crippen LogP contribution in [-0.2, 0) is 14.3 Å². The number of ether oxygens (including phenoxy) is 2. The number of allylic oxidation sites excluding steroid dienone is 3. The van der Waals surface area contributed by atoms with Gasteiger partial charge in [0.2, 0.25) is 0 Å². The third kappa shape index (κ3) is 5.58. The monoisotopic (exact) mass is 732 g/mol. The molecule has 0 spiro atoms. The van der Waals surface area contributed by atoms with E-state index in [-0.39, 0.29) is 51.1 Å². The smallest absolute Gasteiger partial charge is 0.307 e. The number of carboxylic acids is 1. The molecule has 1 aromatic heterocycles. The lowest BCUT2D eigenvalue weighted by Gasteiger charge is -2.71. The van der Waals surface area contributed by atoms with E-state index in [0.717, 1.165) is 44.3 Å². The maximum Gasteiger partial charge on any atom is 0.307 e. The summed E-state index contributed by atoms with van der Waals surface area (Å²) < 4.78 is 16.2. The van der Waals surface area contributed by atoms with Gasteiger partial charge in [-0.2, -0.15) is 5.10 Å². The van der Waals surface area contributed by atoms with Crippen LogP contribution in [0, 0.1) is 62.6 Å². The number of nitrogens with two attached hydrogens (primary N) is 1. The molecule has 3 N–H and O–H groups in total. The van der Waals surface area contributed by atoms with Gasteiger partial charge in [0.25, 0.3) is 0 Å². The second kappa shape index (κ2) is 13.0. The molecule has 1 saturated heterocycles. The minimum atomic E-state index is -0.618. The first-order chi connectivity index (χ1) is 24.8. The molecule has 4 aliphatic carbocycles. The molecule has 53 heavy (non-hydrogen) atoms. The largest absolute Gasteiger partial charge is 0.481 e. The van der Waals surface area contributed by atoms with E-state index in [1.165, 1.54) is 5.57 Å². The summed E-state index contributed by atoms with van der Waals surface area (Å²) in [6, 6.07) is -0.0730. The summed E-state index contributed by atoms with van der Waals surface area (Å²) in [5, 5.41) is 16.2. The Morgan fingerprint density at radius 1 is 1.08 bits per heavy atom. The van der Waals surface area contributed by atoms with Gasteiger partial charge in [0, 0.05) is 35.8 Å². The maximum absolute atomic E-state index is 13.6. The number of carbonyl (C=O) groups is 1. The Bertz CT molecular complexity index is 1650. The van der Waals surface area contributed by atoms with Crippen molar-refractivity contribution >= 4 is 5.97 Å². The van der Waals surface area contributed by atoms with Crippen LogP contribution >= 0.6 is 0 Å². The summed E-state index contributed by atoms with van der Waals surface area (Å²) in [7, 11) is 2.04. The van der Waals surface area contributed by atoms with E-state index in [9.17, 15) is 9.90 Å². The van der Waals surface area contributed by atoms with Crippen LogP contribution in [0.25, 0.3) is 0 Å². The molecule has 0 radical (unpaired) electrons. The molecule has 3 heterocycles. The summed E-state index contributed by atoms with van der Waals surface area (Å²) in [5.41, 5.74) is 6.67. The Morgan fingerprint density at radius 2 is 1.77 bits per heavy atom. The molecule has 2 aliphatic heterocycles. The number of hydrogen-bond donors (Lipinski definition) is 2. The maximum atomic E-state index is 13.6. The molecular formula is C44H69N5O4. The van der Waals surface area contributed by atoms with Crippen molar-refractivity contribution in [2.45, 2.75) is 131 Å². The van der Waals surface area contributed by atoms with Crippen LogP contribution in [0.4, 0.5) is 0 Å². The van der Waals surface area contributed by atoms with Gasteiger partial charge in [-0.3, -0.25) is 4.79 Å². The first-order valence-electron chi connectivity index (χ1n) is 20.7. The van der Waals surface area contributed by atoms with Gasteiger partial charge in [0.1, 0.15) is 12.2 Å². The number of rotatable bonds is 9. The average molecular weight is 732 g/mol. The Balaban J connectivity index is 1.34. The van der Waals surface area contributed by atoms with Gasteiger partial charge in [0.05, 0.1) is 43.8 Å². The van der Waals surface area contributed by atoms with Crippen LogP contribution in [0.15, 0.2) is 42.5 Å². The van der Waals surface area contributed by atoms with Gasteiger partial charge in [-0.1, -0.05) is 86.1 Å². The molecule has 7 rings (SSSR count). The molecule has 1 aromatic rings. The molecule has 4 fully saturated rings. The Hall–Kier alpha value is -2.49. The van der Waals surface area contributed by atoms with E-state index in [2.05, 4.69) is 109 Å². The molecule has 2 bridgehead atoms. The molecule has 6 aliphatic rings. The summed E-state index contributed by atoms with van der Waals surface area (Å²) in [4.78, 5) is 20.5. The third-order valence-electron chi connectivity index (χ3n) is 17.3. The molecule has 12 atom stereocenters. The Kier molecular flexibility index (Phi) is 9.54. The third-order valence-corrected chi connectivity index (χ3v) is 17.3. The lowest BCUT2D eigenvalue weighted by atomic mass is 9.34. The zero-order valence-corrected chi connectivity index (χ0v) is 34.6. The molecule has 0 aromatic carbocycles. The summed E-state index contributed by atoms with van der Waals surface area (Å²) >= 11 is 0. The highest BCUT2D eigenvalue weighted by molar-refractivity contribution is 5.73. The second-order valence-corrected chi connectivity index (χ2v) is 20.4. The molecular weight excluding hydrogens is 663 g/mol. The fourth-order valence-corrected chi connectivity index (χ4v) is 13.1. The topological polar surface area (TPSA) is 116 Å². The highest BCUT2D eigenvalue weighted by atomic mass is 16.5. The van der Waals surface area contributed by atoms with Crippen LogP contribution in [-0.4, -0.2) is 69.3 Å². The molecule has 0 amide bonds. The average Bonchev–Trinajstić information content (AvgIpc) is 3.57. The zero-order chi connectivity index (χ0) is 38.5. The molecule has 294 valence electrons. The zero-order valence-electron chi connectivity index (χ0n) is 34.6. The van der Waals surface area contributed by atoms with E-state index in [1.807, 2.05) is 7.05 Å². The van der Waals surface area contributed by atoms with Gasteiger partial charge >= 0.3 is 5.97 Å².